The van der Waals surface area contributed by atoms with Gasteiger partial charge in [0.2, 0.25) is 0 Å². The van der Waals surface area contributed by atoms with Crippen molar-refractivity contribution in [3.63, 3.8) is 0 Å². The third-order valence-electron chi connectivity index (χ3n) is 3.68. The fourth-order valence-corrected chi connectivity index (χ4v) is 2.68. The first-order chi connectivity index (χ1) is 10.3. The van der Waals surface area contributed by atoms with Gasteiger partial charge in [-0.25, -0.2) is 0 Å². The van der Waals surface area contributed by atoms with Crippen LogP contribution >= 0.6 is 15.9 Å². The van der Waals surface area contributed by atoms with Gasteiger partial charge in [-0.2, -0.15) is 0 Å². The average Bonchev–Trinajstić information content (AvgIpc) is 2.43. The Morgan fingerprint density at radius 3 is 2.59 bits per heavy atom. The average molecular weight is 382 g/mol. The summed E-state index contributed by atoms with van der Waals surface area (Å²) in [5, 5.41) is 0. The van der Waals surface area contributed by atoms with Crippen LogP contribution in [0.4, 0.5) is 13.2 Å². The van der Waals surface area contributed by atoms with Crippen LogP contribution in [0.2, 0.25) is 0 Å². The van der Waals surface area contributed by atoms with Gasteiger partial charge in [0, 0.05) is 12.6 Å². The number of halogens is 4. The van der Waals surface area contributed by atoms with Crippen molar-refractivity contribution < 1.29 is 22.6 Å². The van der Waals surface area contributed by atoms with Gasteiger partial charge in [-0.05, 0) is 59.9 Å². The predicted octanol–water partition coefficient (Wildman–Crippen LogP) is 4.46. The number of rotatable bonds is 5. The third kappa shape index (κ3) is 5.68. The van der Waals surface area contributed by atoms with Gasteiger partial charge in [0.25, 0.3) is 0 Å². The third-order valence-corrected chi connectivity index (χ3v) is 4.34. The molecule has 0 atom stereocenters. The smallest absolute Gasteiger partial charge is 0.492 e. The van der Waals surface area contributed by atoms with Crippen LogP contribution < -0.4 is 9.47 Å². The zero-order valence-electron chi connectivity index (χ0n) is 12.3. The highest BCUT2D eigenvalue weighted by Gasteiger charge is 2.32. The Morgan fingerprint density at radius 1 is 1.27 bits per heavy atom. The molecular weight excluding hydrogens is 363 g/mol. The first-order valence-electron chi connectivity index (χ1n) is 7.24. The van der Waals surface area contributed by atoms with E-state index in [0.717, 1.165) is 25.6 Å². The van der Waals surface area contributed by atoms with Crippen molar-refractivity contribution in [1.82, 2.24) is 4.90 Å². The van der Waals surface area contributed by atoms with Gasteiger partial charge in [-0.1, -0.05) is 6.92 Å². The Morgan fingerprint density at radius 2 is 1.95 bits per heavy atom. The van der Waals surface area contributed by atoms with Crippen molar-refractivity contribution in [1.29, 1.82) is 0 Å². The zero-order valence-corrected chi connectivity index (χ0v) is 13.9. The number of hydrogen-bond donors (Lipinski definition) is 0. The van der Waals surface area contributed by atoms with Gasteiger partial charge in [0.05, 0.1) is 4.47 Å². The van der Waals surface area contributed by atoms with E-state index in [2.05, 4.69) is 32.5 Å². The molecule has 0 aliphatic carbocycles. The topological polar surface area (TPSA) is 21.7 Å². The lowest BCUT2D eigenvalue weighted by Crippen LogP contribution is -2.35. The Balaban J connectivity index is 1.84. The largest absolute Gasteiger partial charge is 0.573 e. The Bertz CT molecular complexity index is 488. The SMILES string of the molecule is CC1CCN(CCOc2ccc(Br)c(OC(F)(F)F)c2)CC1. The molecule has 3 nitrogen and oxygen atoms in total. The molecule has 0 aromatic heterocycles. The summed E-state index contributed by atoms with van der Waals surface area (Å²) in [6.07, 6.45) is -2.35. The second-order valence-corrected chi connectivity index (χ2v) is 6.37. The van der Waals surface area contributed by atoms with E-state index in [1.165, 1.54) is 25.0 Å². The number of ether oxygens (including phenoxy) is 2. The summed E-state index contributed by atoms with van der Waals surface area (Å²) in [6, 6.07) is 4.35. The van der Waals surface area contributed by atoms with Gasteiger partial charge in [-0.15, -0.1) is 13.2 Å². The lowest BCUT2D eigenvalue weighted by Gasteiger charge is -2.29. The Hall–Kier alpha value is -0.950. The molecule has 2 rings (SSSR count). The van der Waals surface area contributed by atoms with Crippen LogP contribution in [-0.2, 0) is 0 Å². The highest BCUT2D eigenvalue weighted by atomic mass is 79.9. The van der Waals surface area contributed by atoms with Gasteiger partial charge >= 0.3 is 6.36 Å². The number of piperidine rings is 1. The molecule has 0 amide bonds. The first-order valence-corrected chi connectivity index (χ1v) is 8.03. The van der Waals surface area contributed by atoms with Crippen molar-refractivity contribution >= 4 is 15.9 Å². The summed E-state index contributed by atoms with van der Waals surface area (Å²) < 4.78 is 46.6. The minimum atomic E-state index is -4.72. The molecule has 7 heteroatoms. The molecular formula is C15H19BrF3NO2. The van der Waals surface area contributed by atoms with E-state index in [9.17, 15) is 13.2 Å². The standard InChI is InChI=1S/C15H19BrF3NO2/c1-11-4-6-20(7-5-11)8-9-21-12-2-3-13(16)14(10-12)22-15(17,18)19/h2-3,10-11H,4-9H2,1H3. The van der Waals surface area contributed by atoms with Crippen LogP contribution in [0, 0.1) is 5.92 Å². The fourth-order valence-electron chi connectivity index (χ4n) is 2.35. The fraction of sp³-hybridized carbons (Fsp3) is 0.600. The summed E-state index contributed by atoms with van der Waals surface area (Å²) in [4.78, 5) is 2.31. The highest BCUT2D eigenvalue weighted by molar-refractivity contribution is 9.10. The Kier molecular flexibility index (Phi) is 5.97. The van der Waals surface area contributed by atoms with Gasteiger partial charge in [0.1, 0.15) is 18.1 Å². The van der Waals surface area contributed by atoms with Crippen molar-refractivity contribution in [2.45, 2.75) is 26.1 Å². The van der Waals surface area contributed by atoms with Gasteiger partial charge in [-0.3, -0.25) is 4.90 Å². The van der Waals surface area contributed by atoms with E-state index in [-0.39, 0.29) is 10.2 Å². The number of benzene rings is 1. The summed E-state index contributed by atoms with van der Waals surface area (Å²) in [5.74, 6) is 0.843. The van der Waals surface area contributed by atoms with Crippen molar-refractivity contribution in [3.8, 4) is 11.5 Å². The molecule has 1 aliphatic heterocycles. The molecule has 1 aliphatic rings. The van der Waals surface area contributed by atoms with Crippen LogP contribution in [-0.4, -0.2) is 37.5 Å². The van der Waals surface area contributed by atoms with E-state index in [1.54, 1.807) is 6.07 Å². The number of nitrogens with zero attached hydrogens (tertiary/aromatic N) is 1. The van der Waals surface area contributed by atoms with E-state index in [4.69, 9.17) is 4.74 Å². The van der Waals surface area contributed by atoms with Crippen molar-refractivity contribution in [2.24, 2.45) is 5.92 Å². The summed E-state index contributed by atoms with van der Waals surface area (Å²) >= 11 is 3.03. The molecule has 1 aromatic carbocycles. The minimum Gasteiger partial charge on any atom is -0.492 e. The van der Waals surface area contributed by atoms with Crippen molar-refractivity contribution in [3.05, 3.63) is 22.7 Å². The van der Waals surface area contributed by atoms with E-state index < -0.39 is 6.36 Å². The quantitative estimate of drug-likeness (QED) is 0.751. The first kappa shape index (κ1) is 17.4. The molecule has 22 heavy (non-hydrogen) atoms. The van der Waals surface area contributed by atoms with E-state index >= 15 is 0 Å². The van der Waals surface area contributed by atoms with E-state index in [1.807, 2.05) is 0 Å². The maximum Gasteiger partial charge on any atom is 0.573 e. The molecule has 1 saturated heterocycles. The normalized spacial score (nSPS) is 17.5. The lowest BCUT2D eigenvalue weighted by atomic mass is 9.99. The maximum atomic E-state index is 12.3. The van der Waals surface area contributed by atoms with E-state index in [0.29, 0.717) is 12.4 Å². The summed E-state index contributed by atoms with van der Waals surface area (Å²) in [5.41, 5.74) is 0. The predicted molar refractivity (Wildman–Crippen MR) is 81.2 cm³/mol. The lowest BCUT2D eigenvalue weighted by molar-refractivity contribution is -0.274. The molecule has 0 unspecified atom stereocenters. The van der Waals surface area contributed by atoms with Crippen LogP contribution in [0.5, 0.6) is 11.5 Å². The number of alkyl halides is 3. The molecule has 1 heterocycles. The maximum absolute atomic E-state index is 12.3. The van der Waals surface area contributed by atoms with Crippen LogP contribution in [0.3, 0.4) is 0 Å². The Labute approximate surface area is 136 Å². The zero-order chi connectivity index (χ0) is 16.2. The molecule has 1 aromatic rings. The minimum absolute atomic E-state index is 0.238. The molecule has 1 fully saturated rings. The molecule has 124 valence electrons. The van der Waals surface area contributed by atoms with Crippen LogP contribution in [0.25, 0.3) is 0 Å². The number of likely N-dealkylation sites (tertiary alicyclic amines) is 1. The second kappa shape index (κ2) is 7.55. The monoisotopic (exact) mass is 381 g/mol. The summed E-state index contributed by atoms with van der Waals surface area (Å²) in [7, 11) is 0. The highest BCUT2D eigenvalue weighted by Crippen LogP contribution is 2.33. The van der Waals surface area contributed by atoms with Crippen LogP contribution in [0.1, 0.15) is 19.8 Å². The van der Waals surface area contributed by atoms with Gasteiger partial charge in [0.15, 0.2) is 0 Å². The van der Waals surface area contributed by atoms with Crippen molar-refractivity contribution in [2.75, 3.05) is 26.2 Å². The molecule has 0 bridgehead atoms. The molecule has 0 radical (unpaired) electrons. The van der Waals surface area contributed by atoms with Crippen LogP contribution in [0.15, 0.2) is 22.7 Å². The van der Waals surface area contributed by atoms with Gasteiger partial charge < -0.3 is 9.47 Å². The molecule has 0 saturated carbocycles. The second-order valence-electron chi connectivity index (χ2n) is 5.51. The number of hydrogen-bond acceptors (Lipinski definition) is 3. The molecule has 0 N–H and O–H groups in total. The molecule has 0 spiro atoms. The summed E-state index contributed by atoms with van der Waals surface area (Å²) in [6.45, 7) is 5.57.